The van der Waals surface area contributed by atoms with Gasteiger partial charge in [0.05, 0.1) is 12.5 Å². The van der Waals surface area contributed by atoms with Gasteiger partial charge in [-0.15, -0.1) is 0 Å². The molecule has 0 spiro atoms. The van der Waals surface area contributed by atoms with Crippen LogP contribution in [0.2, 0.25) is 0 Å². The quantitative estimate of drug-likeness (QED) is 0.548. The number of hydrogen-bond acceptors (Lipinski definition) is 4. The van der Waals surface area contributed by atoms with Gasteiger partial charge in [0.2, 0.25) is 0 Å². The van der Waals surface area contributed by atoms with Crippen molar-refractivity contribution in [3.63, 3.8) is 0 Å². The van der Waals surface area contributed by atoms with Crippen LogP contribution in [0, 0.1) is 0 Å². The van der Waals surface area contributed by atoms with Crippen LogP contribution in [0.5, 0.6) is 0 Å². The van der Waals surface area contributed by atoms with Crippen LogP contribution < -0.4 is 5.73 Å². The molecule has 0 aliphatic rings. The average molecular weight is 193 g/mol. The summed E-state index contributed by atoms with van der Waals surface area (Å²) in [5.74, 6) is -0.167. The molecular formula is C7H15NO3S. The SMILES string of the molecule is CSCC[C@H](N)[C@@H](O)CC(=O)O. The summed E-state index contributed by atoms with van der Waals surface area (Å²) >= 11 is 1.63. The Balaban J connectivity index is 3.60. The highest BCUT2D eigenvalue weighted by atomic mass is 32.2. The molecule has 2 atom stereocenters. The highest BCUT2D eigenvalue weighted by molar-refractivity contribution is 7.98. The average Bonchev–Trinajstić information content (AvgIpc) is 1.98. The molecule has 4 nitrogen and oxygen atoms in total. The molecule has 0 heterocycles. The topological polar surface area (TPSA) is 83.5 Å². The van der Waals surface area contributed by atoms with Crippen LogP contribution >= 0.6 is 11.8 Å². The molecule has 12 heavy (non-hydrogen) atoms. The van der Waals surface area contributed by atoms with Gasteiger partial charge in [-0.05, 0) is 18.4 Å². The first-order chi connectivity index (χ1) is 5.57. The van der Waals surface area contributed by atoms with Gasteiger partial charge in [0.1, 0.15) is 0 Å². The first-order valence-electron chi connectivity index (χ1n) is 3.72. The summed E-state index contributed by atoms with van der Waals surface area (Å²) in [6.07, 6.45) is 1.40. The summed E-state index contributed by atoms with van der Waals surface area (Å²) < 4.78 is 0. The predicted octanol–water partition coefficient (Wildman–Crippen LogP) is -0.0976. The summed E-state index contributed by atoms with van der Waals surface area (Å²) in [4.78, 5) is 10.2. The van der Waals surface area contributed by atoms with E-state index in [4.69, 9.17) is 10.8 Å². The van der Waals surface area contributed by atoms with Gasteiger partial charge in [-0.25, -0.2) is 0 Å². The van der Waals surface area contributed by atoms with Crippen molar-refractivity contribution in [2.24, 2.45) is 5.73 Å². The van der Waals surface area contributed by atoms with E-state index in [1.165, 1.54) is 0 Å². The maximum Gasteiger partial charge on any atom is 0.306 e. The fraction of sp³-hybridized carbons (Fsp3) is 0.857. The molecule has 0 aromatic rings. The van der Waals surface area contributed by atoms with E-state index < -0.39 is 18.1 Å². The van der Waals surface area contributed by atoms with Crippen molar-refractivity contribution in [2.45, 2.75) is 25.0 Å². The Morgan fingerprint density at radius 2 is 2.25 bits per heavy atom. The van der Waals surface area contributed by atoms with Gasteiger partial charge in [0.25, 0.3) is 0 Å². The number of aliphatic hydroxyl groups excluding tert-OH is 1. The van der Waals surface area contributed by atoms with E-state index in [2.05, 4.69) is 0 Å². The first-order valence-corrected chi connectivity index (χ1v) is 5.11. The monoisotopic (exact) mass is 193 g/mol. The van der Waals surface area contributed by atoms with Crippen molar-refractivity contribution in [2.75, 3.05) is 12.0 Å². The van der Waals surface area contributed by atoms with Crippen molar-refractivity contribution >= 4 is 17.7 Å². The molecule has 0 amide bonds. The van der Waals surface area contributed by atoms with Crippen LogP contribution in [0.1, 0.15) is 12.8 Å². The Morgan fingerprint density at radius 3 is 2.67 bits per heavy atom. The lowest BCUT2D eigenvalue weighted by Crippen LogP contribution is -2.36. The fourth-order valence-electron chi connectivity index (χ4n) is 0.777. The molecule has 4 N–H and O–H groups in total. The highest BCUT2D eigenvalue weighted by Crippen LogP contribution is 2.04. The maximum absolute atomic E-state index is 10.2. The first kappa shape index (κ1) is 11.7. The molecule has 0 radical (unpaired) electrons. The molecule has 0 aliphatic heterocycles. The van der Waals surface area contributed by atoms with Gasteiger partial charge in [-0.3, -0.25) is 4.79 Å². The number of thioether (sulfide) groups is 1. The van der Waals surface area contributed by atoms with Crippen LogP contribution in [0.4, 0.5) is 0 Å². The third kappa shape index (κ3) is 5.40. The van der Waals surface area contributed by atoms with Crippen molar-refractivity contribution in [3.05, 3.63) is 0 Å². The van der Waals surface area contributed by atoms with Crippen molar-refractivity contribution < 1.29 is 15.0 Å². The number of nitrogens with two attached hydrogens (primary N) is 1. The molecule has 0 aliphatic carbocycles. The van der Waals surface area contributed by atoms with Crippen molar-refractivity contribution in [1.29, 1.82) is 0 Å². The van der Waals surface area contributed by atoms with E-state index in [0.717, 1.165) is 5.75 Å². The molecule has 0 rings (SSSR count). The number of aliphatic hydroxyl groups is 1. The zero-order chi connectivity index (χ0) is 9.56. The summed E-state index contributed by atoms with van der Waals surface area (Å²) in [6, 6.07) is -0.423. The van der Waals surface area contributed by atoms with Gasteiger partial charge in [0, 0.05) is 6.04 Å². The zero-order valence-corrected chi connectivity index (χ0v) is 7.88. The summed E-state index contributed by atoms with van der Waals surface area (Å²) in [5, 5.41) is 17.5. The van der Waals surface area contributed by atoms with Gasteiger partial charge in [-0.1, -0.05) is 0 Å². The number of aliphatic carboxylic acids is 1. The molecule has 0 unspecified atom stereocenters. The lowest BCUT2D eigenvalue weighted by atomic mass is 10.1. The largest absolute Gasteiger partial charge is 0.481 e. The molecule has 0 aromatic carbocycles. The minimum atomic E-state index is -1.01. The summed E-state index contributed by atoms with van der Waals surface area (Å²) in [6.45, 7) is 0. The third-order valence-corrected chi connectivity index (χ3v) is 2.18. The summed E-state index contributed by atoms with van der Waals surface area (Å²) in [7, 11) is 0. The minimum Gasteiger partial charge on any atom is -0.481 e. The van der Waals surface area contributed by atoms with Gasteiger partial charge < -0.3 is 15.9 Å². The number of hydrogen-bond donors (Lipinski definition) is 3. The Kier molecular flexibility index (Phi) is 6.14. The van der Waals surface area contributed by atoms with Gasteiger partial charge >= 0.3 is 5.97 Å². The Morgan fingerprint density at radius 1 is 1.67 bits per heavy atom. The lowest BCUT2D eigenvalue weighted by molar-refractivity contribution is -0.139. The van der Waals surface area contributed by atoms with E-state index in [-0.39, 0.29) is 6.42 Å². The second-order valence-corrected chi connectivity index (χ2v) is 3.60. The summed E-state index contributed by atoms with van der Waals surface area (Å²) in [5.41, 5.74) is 5.52. The fourth-order valence-corrected chi connectivity index (χ4v) is 1.28. The maximum atomic E-state index is 10.2. The van der Waals surface area contributed by atoms with Crippen LogP contribution in [0.15, 0.2) is 0 Å². The Hall–Kier alpha value is -0.260. The molecule has 0 saturated heterocycles. The zero-order valence-electron chi connectivity index (χ0n) is 7.06. The van der Waals surface area contributed by atoms with E-state index >= 15 is 0 Å². The number of carboxylic acid groups (broad SMARTS) is 1. The van der Waals surface area contributed by atoms with Gasteiger partial charge in [0.15, 0.2) is 0 Å². The molecule has 0 saturated carbocycles. The van der Waals surface area contributed by atoms with E-state index in [9.17, 15) is 9.90 Å². The molecule has 0 bridgehead atoms. The Labute approximate surface area is 76.1 Å². The standard InChI is InChI=1S/C7H15NO3S/c1-12-3-2-5(8)6(9)4-7(10)11/h5-6,9H,2-4,8H2,1H3,(H,10,11)/t5-,6-/m0/s1. The van der Waals surface area contributed by atoms with E-state index in [0.29, 0.717) is 6.42 Å². The number of carbonyl (C=O) groups is 1. The van der Waals surface area contributed by atoms with Crippen LogP contribution in [0.25, 0.3) is 0 Å². The second-order valence-electron chi connectivity index (χ2n) is 2.61. The second kappa shape index (κ2) is 6.28. The number of rotatable bonds is 6. The molecule has 72 valence electrons. The predicted molar refractivity (Wildman–Crippen MR) is 49.2 cm³/mol. The molecular weight excluding hydrogens is 178 g/mol. The molecule has 0 fully saturated rings. The van der Waals surface area contributed by atoms with E-state index in [1.807, 2.05) is 6.26 Å². The third-order valence-electron chi connectivity index (χ3n) is 1.53. The molecule has 5 heteroatoms. The molecule has 0 aromatic heterocycles. The van der Waals surface area contributed by atoms with Crippen LogP contribution in [-0.4, -0.2) is 40.3 Å². The minimum absolute atomic E-state index is 0.268. The normalized spacial score (nSPS) is 15.6. The van der Waals surface area contributed by atoms with E-state index in [1.54, 1.807) is 11.8 Å². The smallest absolute Gasteiger partial charge is 0.306 e. The van der Waals surface area contributed by atoms with Crippen molar-refractivity contribution in [1.82, 2.24) is 0 Å². The van der Waals surface area contributed by atoms with Crippen LogP contribution in [0.3, 0.4) is 0 Å². The lowest BCUT2D eigenvalue weighted by Gasteiger charge is -2.15. The van der Waals surface area contributed by atoms with Gasteiger partial charge in [-0.2, -0.15) is 11.8 Å². The Bertz CT molecular complexity index is 143. The van der Waals surface area contributed by atoms with Crippen molar-refractivity contribution in [3.8, 4) is 0 Å². The van der Waals surface area contributed by atoms with Crippen LogP contribution in [-0.2, 0) is 4.79 Å². The number of carboxylic acids is 1. The highest BCUT2D eigenvalue weighted by Gasteiger charge is 2.17.